The highest BCUT2D eigenvalue weighted by atomic mass is 35.5. The average Bonchev–Trinajstić information content (AvgIpc) is 3.15. The van der Waals surface area contributed by atoms with Crippen molar-refractivity contribution in [2.75, 3.05) is 5.88 Å². The predicted octanol–water partition coefficient (Wildman–Crippen LogP) is 4.29. The highest BCUT2D eigenvalue weighted by Crippen LogP contribution is 2.34. The number of halogens is 3. The third kappa shape index (κ3) is 2.80. The van der Waals surface area contributed by atoms with E-state index in [4.69, 9.17) is 11.6 Å². The molecule has 1 saturated carbocycles. The van der Waals surface area contributed by atoms with Crippen molar-refractivity contribution >= 4 is 22.6 Å². The van der Waals surface area contributed by atoms with Gasteiger partial charge in [0.25, 0.3) is 0 Å². The molecule has 0 N–H and O–H groups in total. The first-order chi connectivity index (χ1) is 9.69. The van der Waals surface area contributed by atoms with E-state index in [0.29, 0.717) is 17.8 Å². The Hall–Kier alpha value is -1.16. The summed E-state index contributed by atoms with van der Waals surface area (Å²) in [4.78, 5) is 4.29. The van der Waals surface area contributed by atoms with Gasteiger partial charge in [-0.3, -0.25) is 0 Å². The highest BCUT2D eigenvalue weighted by Gasteiger charge is 2.21. The van der Waals surface area contributed by atoms with Gasteiger partial charge < -0.3 is 4.57 Å². The lowest BCUT2D eigenvalue weighted by atomic mass is 10.2. The minimum Gasteiger partial charge on any atom is -0.328 e. The van der Waals surface area contributed by atoms with Crippen molar-refractivity contribution in [1.29, 1.82) is 0 Å². The van der Waals surface area contributed by atoms with E-state index < -0.39 is 11.6 Å². The third-order valence-electron chi connectivity index (χ3n) is 3.86. The van der Waals surface area contributed by atoms with Crippen molar-refractivity contribution in [1.82, 2.24) is 9.55 Å². The van der Waals surface area contributed by atoms with Crippen molar-refractivity contribution in [2.24, 2.45) is 5.92 Å². The summed E-state index contributed by atoms with van der Waals surface area (Å²) in [6, 6.07) is 2.24. The minimum atomic E-state index is -0.600. The molecule has 0 saturated heterocycles. The van der Waals surface area contributed by atoms with Crippen LogP contribution in [0.1, 0.15) is 31.5 Å². The summed E-state index contributed by atoms with van der Waals surface area (Å²) in [5, 5.41) is 0. The fraction of sp³-hybridized carbons (Fsp3) is 0.533. The lowest BCUT2D eigenvalue weighted by Gasteiger charge is -2.08. The Kier molecular flexibility index (Phi) is 3.92. The standard InChI is InChI=1S/C15H17ClF2N2/c16-6-5-14-19-15-12(18)8-11(17)9-13(15)20(14)7-1-2-10-3-4-10/h8-10H,1-7H2. The maximum absolute atomic E-state index is 13.8. The molecular weight excluding hydrogens is 282 g/mol. The number of nitrogens with zero attached hydrogens (tertiary/aromatic N) is 2. The summed E-state index contributed by atoms with van der Waals surface area (Å²) in [6.07, 6.45) is 5.41. The average molecular weight is 299 g/mol. The molecule has 1 aliphatic carbocycles. The van der Waals surface area contributed by atoms with Crippen LogP contribution < -0.4 is 0 Å². The lowest BCUT2D eigenvalue weighted by molar-refractivity contribution is 0.568. The van der Waals surface area contributed by atoms with Crippen LogP contribution in [-0.2, 0) is 13.0 Å². The van der Waals surface area contributed by atoms with E-state index in [0.717, 1.165) is 30.8 Å². The number of hydrogen-bond acceptors (Lipinski definition) is 1. The maximum Gasteiger partial charge on any atom is 0.153 e. The molecule has 0 atom stereocenters. The van der Waals surface area contributed by atoms with Gasteiger partial charge in [0.2, 0.25) is 0 Å². The van der Waals surface area contributed by atoms with Crippen LogP contribution >= 0.6 is 11.6 Å². The van der Waals surface area contributed by atoms with Crippen LogP contribution in [0.25, 0.3) is 11.0 Å². The summed E-state index contributed by atoms with van der Waals surface area (Å²) in [7, 11) is 0. The molecule has 1 aromatic carbocycles. The molecule has 0 bridgehead atoms. The molecule has 0 aliphatic heterocycles. The largest absolute Gasteiger partial charge is 0.328 e. The number of hydrogen-bond donors (Lipinski definition) is 0. The molecular formula is C15H17ClF2N2. The van der Waals surface area contributed by atoms with E-state index >= 15 is 0 Å². The maximum atomic E-state index is 13.8. The van der Waals surface area contributed by atoms with Crippen LogP contribution in [0.3, 0.4) is 0 Å². The summed E-state index contributed by atoms with van der Waals surface area (Å²) in [6.45, 7) is 0.752. The highest BCUT2D eigenvalue weighted by molar-refractivity contribution is 6.17. The first-order valence-electron chi connectivity index (χ1n) is 7.09. The molecule has 1 aromatic heterocycles. The molecule has 2 aromatic rings. The van der Waals surface area contributed by atoms with Crippen LogP contribution in [0.2, 0.25) is 0 Å². The molecule has 1 fully saturated rings. The second kappa shape index (κ2) is 5.68. The van der Waals surface area contributed by atoms with E-state index in [1.165, 1.54) is 25.3 Å². The molecule has 5 heteroatoms. The van der Waals surface area contributed by atoms with Crippen molar-refractivity contribution in [3.05, 3.63) is 29.6 Å². The summed E-state index contributed by atoms with van der Waals surface area (Å²) < 4.78 is 29.1. The number of fused-ring (bicyclic) bond motifs is 1. The van der Waals surface area contributed by atoms with Gasteiger partial charge in [0, 0.05) is 24.9 Å². The number of alkyl halides is 1. The smallest absolute Gasteiger partial charge is 0.153 e. The molecule has 1 aliphatic rings. The number of rotatable bonds is 6. The molecule has 0 amide bonds. The molecule has 20 heavy (non-hydrogen) atoms. The zero-order valence-electron chi connectivity index (χ0n) is 11.2. The van der Waals surface area contributed by atoms with Crippen LogP contribution in [0.4, 0.5) is 8.78 Å². The number of imidazole rings is 1. The lowest BCUT2D eigenvalue weighted by Crippen LogP contribution is -2.05. The monoisotopic (exact) mass is 298 g/mol. The van der Waals surface area contributed by atoms with Crippen molar-refractivity contribution < 1.29 is 8.78 Å². The van der Waals surface area contributed by atoms with Crippen LogP contribution in [-0.4, -0.2) is 15.4 Å². The Morgan fingerprint density at radius 1 is 1.30 bits per heavy atom. The molecule has 3 rings (SSSR count). The molecule has 0 radical (unpaired) electrons. The van der Waals surface area contributed by atoms with Crippen molar-refractivity contribution in [3.8, 4) is 0 Å². The summed E-state index contributed by atoms with van der Waals surface area (Å²) in [5.74, 6) is 0.869. The Morgan fingerprint density at radius 3 is 2.80 bits per heavy atom. The second-order valence-electron chi connectivity index (χ2n) is 5.46. The van der Waals surface area contributed by atoms with Gasteiger partial charge in [0.05, 0.1) is 5.52 Å². The van der Waals surface area contributed by atoms with Gasteiger partial charge >= 0.3 is 0 Å². The molecule has 0 unspecified atom stereocenters. The van der Waals surface area contributed by atoms with Gasteiger partial charge in [0.15, 0.2) is 5.82 Å². The number of benzene rings is 1. The van der Waals surface area contributed by atoms with E-state index in [2.05, 4.69) is 4.98 Å². The molecule has 0 spiro atoms. The first kappa shape index (κ1) is 13.8. The van der Waals surface area contributed by atoms with E-state index in [-0.39, 0.29) is 5.52 Å². The van der Waals surface area contributed by atoms with Gasteiger partial charge in [-0.2, -0.15) is 0 Å². The van der Waals surface area contributed by atoms with Crippen LogP contribution in [0, 0.1) is 17.6 Å². The number of aryl methyl sites for hydroxylation is 2. The van der Waals surface area contributed by atoms with Gasteiger partial charge in [-0.15, -0.1) is 11.6 Å². The molecule has 108 valence electrons. The first-order valence-corrected chi connectivity index (χ1v) is 7.62. The Labute approximate surface area is 121 Å². The third-order valence-corrected chi connectivity index (χ3v) is 4.05. The minimum absolute atomic E-state index is 0.248. The van der Waals surface area contributed by atoms with Crippen LogP contribution in [0.5, 0.6) is 0 Å². The summed E-state index contributed by atoms with van der Waals surface area (Å²) in [5.41, 5.74) is 0.788. The Morgan fingerprint density at radius 2 is 2.10 bits per heavy atom. The van der Waals surface area contributed by atoms with Gasteiger partial charge in [-0.25, -0.2) is 13.8 Å². The predicted molar refractivity (Wildman–Crippen MR) is 76.0 cm³/mol. The molecule has 2 nitrogen and oxygen atoms in total. The number of aromatic nitrogens is 2. The molecule has 1 heterocycles. The zero-order chi connectivity index (χ0) is 14.1. The normalized spacial score (nSPS) is 15.2. The quantitative estimate of drug-likeness (QED) is 0.728. The van der Waals surface area contributed by atoms with Gasteiger partial charge in [0.1, 0.15) is 17.2 Å². The van der Waals surface area contributed by atoms with Crippen molar-refractivity contribution in [3.63, 3.8) is 0 Å². The van der Waals surface area contributed by atoms with Crippen LogP contribution in [0.15, 0.2) is 12.1 Å². The topological polar surface area (TPSA) is 17.8 Å². The van der Waals surface area contributed by atoms with E-state index in [1.807, 2.05) is 4.57 Å². The van der Waals surface area contributed by atoms with E-state index in [9.17, 15) is 8.78 Å². The van der Waals surface area contributed by atoms with E-state index in [1.54, 1.807) is 0 Å². The fourth-order valence-corrected chi connectivity index (χ4v) is 2.84. The van der Waals surface area contributed by atoms with Crippen molar-refractivity contribution in [2.45, 2.75) is 38.6 Å². The fourth-order valence-electron chi connectivity index (χ4n) is 2.67. The second-order valence-corrected chi connectivity index (χ2v) is 5.84. The van der Waals surface area contributed by atoms with Gasteiger partial charge in [-0.1, -0.05) is 12.8 Å². The van der Waals surface area contributed by atoms with Gasteiger partial charge in [-0.05, 0) is 24.8 Å². The summed E-state index contributed by atoms with van der Waals surface area (Å²) >= 11 is 5.78. The Bertz CT molecular complexity index is 620. The zero-order valence-corrected chi connectivity index (χ0v) is 12.0. The Balaban J connectivity index is 1.93. The SMILES string of the molecule is Fc1cc(F)c2nc(CCCl)n(CCCC3CC3)c2c1.